The summed E-state index contributed by atoms with van der Waals surface area (Å²) in [5.41, 5.74) is 8.47. The summed E-state index contributed by atoms with van der Waals surface area (Å²) in [6.07, 6.45) is 1.78. The van der Waals surface area contributed by atoms with E-state index < -0.39 is 17.2 Å². The fraction of sp³-hybridized carbons (Fsp3) is 0.297. The lowest BCUT2D eigenvalue weighted by Crippen LogP contribution is -2.49. The molecular formula is C37H40Cl2N4O3. The quantitative estimate of drug-likeness (QED) is 0.0981. The van der Waals surface area contributed by atoms with Crippen LogP contribution < -0.4 is 11.0 Å². The summed E-state index contributed by atoms with van der Waals surface area (Å²) in [4.78, 5) is 31.5. The number of fused-ring (bicyclic) bond motifs is 1. The van der Waals surface area contributed by atoms with Crippen molar-refractivity contribution in [3.8, 4) is 0 Å². The minimum Gasteiger partial charge on any atom is -0.328 e. The second-order valence-electron chi connectivity index (χ2n) is 12.2. The van der Waals surface area contributed by atoms with Crippen LogP contribution in [0.1, 0.15) is 63.1 Å². The van der Waals surface area contributed by atoms with Crippen molar-refractivity contribution in [2.24, 2.45) is 0 Å². The first-order valence-electron chi connectivity index (χ1n) is 15.5. The average molecular weight is 660 g/mol. The number of carbonyl (C=O) groups is 1. The average Bonchev–Trinajstić information content (AvgIpc) is 3.38. The van der Waals surface area contributed by atoms with E-state index in [2.05, 4.69) is 22.5 Å². The summed E-state index contributed by atoms with van der Waals surface area (Å²) in [7, 11) is 0. The molecule has 0 spiro atoms. The van der Waals surface area contributed by atoms with Crippen molar-refractivity contribution in [1.82, 2.24) is 20.5 Å². The summed E-state index contributed by atoms with van der Waals surface area (Å²) in [6.45, 7) is 8.63. The molecule has 0 fully saturated rings. The van der Waals surface area contributed by atoms with Gasteiger partial charge in [0.1, 0.15) is 11.9 Å². The highest BCUT2D eigenvalue weighted by atomic mass is 35.5. The Hall–Kier alpha value is -3.72. The molecule has 0 aliphatic rings. The van der Waals surface area contributed by atoms with Gasteiger partial charge in [0.25, 0.3) is 5.91 Å². The van der Waals surface area contributed by atoms with Gasteiger partial charge in [-0.3, -0.25) is 14.5 Å². The number of hydrogen-bond acceptors (Lipinski definition) is 5. The van der Waals surface area contributed by atoms with E-state index in [9.17, 15) is 4.79 Å². The maximum atomic E-state index is 14.1. The van der Waals surface area contributed by atoms with Crippen molar-refractivity contribution in [3.63, 3.8) is 0 Å². The Bertz CT molecular complexity index is 1640. The van der Waals surface area contributed by atoms with Gasteiger partial charge in [-0.25, -0.2) is 10.5 Å². The number of nitrogens with zero attached hydrogens (tertiary/aromatic N) is 2. The number of nitrogens with one attached hydrogen (secondary N) is 2. The zero-order chi connectivity index (χ0) is 32.7. The predicted octanol–water partition coefficient (Wildman–Crippen LogP) is 8.41. The van der Waals surface area contributed by atoms with Crippen LogP contribution in [0.3, 0.4) is 0 Å². The number of hydrogen-bond donors (Lipinski definition) is 2. The number of aromatic nitrogens is 2. The number of carbonyl (C=O) groups excluding carboxylic acids is 1. The van der Waals surface area contributed by atoms with Crippen LogP contribution in [0.15, 0.2) is 103 Å². The van der Waals surface area contributed by atoms with Gasteiger partial charge in [-0.15, -0.1) is 0 Å². The monoisotopic (exact) mass is 658 g/mol. The third-order valence-electron chi connectivity index (χ3n) is 7.64. The fourth-order valence-electron chi connectivity index (χ4n) is 5.49. The molecule has 0 aliphatic heterocycles. The van der Waals surface area contributed by atoms with Gasteiger partial charge in [-0.1, -0.05) is 121 Å². The highest BCUT2D eigenvalue weighted by Crippen LogP contribution is 2.39. The van der Waals surface area contributed by atoms with Crippen molar-refractivity contribution in [2.75, 3.05) is 0 Å². The summed E-state index contributed by atoms with van der Waals surface area (Å²) in [6, 6.07) is 32.5. The Balaban J connectivity index is 1.46. The second kappa shape index (κ2) is 14.8. The van der Waals surface area contributed by atoms with Gasteiger partial charge in [0.15, 0.2) is 5.60 Å². The molecule has 1 atom stereocenters. The zero-order valence-electron chi connectivity index (χ0n) is 26.6. The third kappa shape index (κ3) is 7.63. The first-order chi connectivity index (χ1) is 22.1. The minimum atomic E-state index is -1.12. The number of aryl methyl sites for hydroxylation is 2. The number of imidazole rings is 1. The van der Waals surface area contributed by atoms with Crippen LogP contribution in [0.5, 0.6) is 0 Å². The first kappa shape index (κ1) is 33.6. The number of amides is 1. The molecule has 1 amide bonds. The van der Waals surface area contributed by atoms with E-state index in [0.29, 0.717) is 22.9 Å². The van der Waals surface area contributed by atoms with E-state index in [0.717, 1.165) is 46.5 Å². The summed E-state index contributed by atoms with van der Waals surface area (Å²) in [5, 5.41) is 0.932. The van der Waals surface area contributed by atoms with Crippen molar-refractivity contribution >= 4 is 40.1 Å². The Morgan fingerprint density at radius 3 is 1.85 bits per heavy atom. The molecule has 240 valence electrons. The molecule has 0 saturated heterocycles. The van der Waals surface area contributed by atoms with Crippen LogP contribution in [-0.2, 0) is 33.0 Å². The Morgan fingerprint density at radius 1 is 0.826 bits per heavy atom. The van der Waals surface area contributed by atoms with Crippen LogP contribution in [0.2, 0.25) is 10.0 Å². The standard InChI is InChI=1S/C37H40Cl2N4O3/c1-5-23-43-33-25-30(39)29(38)24-32(33)40-34(43)22-21-31(41-45-36(2,3)4)35(44)42-46-37(26-15-9-6-10-16-26,27-17-11-7-12-18-27)28-19-13-8-14-20-28/h6-20,24-25,31,41H,5,21-23H2,1-4H3,(H,42,44)/t31-/m0/s1. The van der Waals surface area contributed by atoms with Gasteiger partial charge >= 0.3 is 0 Å². The number of rotatable bonds is 13. The highest BCUT2D eigenvalue weighted by Gasteiger charge is 2.39. The molecule has 2 N–H and O–H groups in total. The van der Waals surface area contributed by atoms with Crippen LogP contribution in [0, 0.1) is 0 Å². The van der Waals surface area contributed by atoms with Gasteiger partial charge in [-0.2, -0.15) is 5.48 Å². The van der Waals surface area contributed by atoms with Gasteiger partial charge in [0, 0.05) is 13.0 Å². The Morgan fingerprint density at radius 2 is 1.35 bits per heavy atom. The van der Waals surface area contributed by atoms with Crippen LogP contribution in [0.4, 0.5) is 0 Å². The molecular weight excluding hydrogens is 619 g/mol. The molecule has 46 heavy (non-hydrogen) atoms. The molecule has 1 heterocycles. The van der Waals surface area contributed by atoms with Gasteiger partial charge in [-0.05, 0) is 62.4 Å². The Labute approximate surface area is 280 Å². The van der Waals surface area contributed by atoms with Gasteiger partial charge < -0.3 is 4.57 Å². The van der Waals surface area contributed by atoms with E-state index in [1.165, 1.54) is 0 Å². The van der Waals surface area contributed by atoms with Crippen LogP contribution >= 0.6 is 23.2 Å². The normalized spacial score (nSPS) is 12.7. The topological polar surface area (TPSA) is 77.4 Å². The van der Waals surface area contributed by atoms with E-state index >= 15 is 0 Å². The molecule has 0 aliphatic carbocycles. The van der Waals surface area contributed by atoms with Crippen LogP contribution in [0.25, 0.3) is 11.0 Å². The molecule has 0 bridgehead atoms. The zero-order valence-corrected chi connectivity index (χ0v) is 28.1. The fourth-order valence-corrected chi connectivity index (χ4v) is 5.81. The lowest BCUT2D eigenvalue weighted by atomic mass is 9.80. The summed E-state index contributed by atoms with van der Waals surface area (Å²) in [5.74, 6) is 0.458. The molecule has 1 aromatic heterocycles. The van der Waals surface area contributed by atoms with Crippen molar-refractivity contribution in [1.29, 1.82) is 0 Å². The smallest absolute Gasteiger partial charge is 0.263 e. The molecule has 4 aromatic carbocycles. The van der Waals surface area contributed by atoms with Gasteiger partial charge in [0.2, 0.25) is 0 Å². The van der Waals surface area contributed by atoms with E-state index in [-0.39, 0.29) is 5.91 Å². The van der Waals surface area contributed by atoms with E-state index in [4.69, 9.17) is 37.9 Å². The molecule has 5 aromatic rings. The predicted molar refractivity (Wildman–Crippen MR) is 185 cm³/mol. The largest absolute Gasteiger partial charge is 0.328 e. The lowest BCUT2D eigenvalue weighted by molar-refractivity contribution is -0.155. The van der Waals surface area contributed by atoms with Gasteiger partial charge in [0.05, 0.1) is 26.7 Å². The lowest BCUT2D eigenvalue weighted by Gasteiger charge is -2.35. The van der Waals surface area contributed by atoms with E-state index in [1.54, 1.807) is 6.07 Å². The van der Waals surface area contributed by atoms with Crippen molar-refractivity contribution in [2.45, 2.75) is 70.7 Å². The molecule has 5 rings (SSSR count). The molecule has 7 nitrogen and oxygen atoms in total. The first-order valence-corrected chi connectivity index (χ1v) is 16.3. The summed E-state index contributed by atoms with van der Waals surface area (Å²) >= 11 is 12.7. The third-order valence-corrected chi connectivity index (χ3v) is 8.36. The van der Waals surface area contributed by atoms with E-state index in [1.807, 2.05) is 118 Å². The Kier molecular flexibility index (Phi) is 10.8. The number of benzene rings is 4. The number of halogens is 2. The molecule has 0 unspecified atom stereocenters. The SMILES string of the molecule is CCCn1c(CC[C@H](NOC(C)(C)C)C(=O)NOC(c2ccccc2)(c2ccccc2)c2ccccc2)nc2cc(Cl)c(Cl)cc21. The maximum absolute atomic E-state index is 14.1. The summed E-state index contributed by atoms with van der Waals surface area (Å²) < 4.78 is 2.14. The number of hydroxylamine groups is 2. The van der Waals surface area contributed by atoms with Crippen molar-refractivity contribution in [3.05, 3.63) is 136 Å². The second-order valence-corrected chi connectivity index (χ2v) is 13.0. The van der Waals surface area contributed by atoms with Crippen molar-refractivity contribution < 1.29 is 14.5 Å². The molecule has 9 heteroatoms. The van der Waals surface area contributed by atoms with Crippen LogP contribution in [-0.4, -0.2) is 27.1 Å². The minimum absolute atomic E-state index is 0.374. The molecule has 0 radical (unpaired) electrons. The maximum Gasteiger partial charge on any atom is 0.263 e. The molecule has 0 saturated carbocycles. The highest BCUT2D eigenvalue weighted by molar-refractivity contribution is 6.42.